The van der Waals surface area contributed by atoms with Crippen molar-refractivity contribution in [3.05, 3.63) is 64.7 Å². The molecule has 25 heavy (non-hydrogen) atoms. The summed E-state index contributed by atoms with van der Waals surface area (Å²) in [4.78, 5) is 26.9. The van der Waals surface area contributed by atoms with E-state index in [1.54, 1.807) is 4.90 Å². The molecule has 4 nitrogen and oxygen atoms in total. The van der Waals surface area contributed by atoms with E-state index in [1.807, 2.05) is 62.4 Å². The van der Waals surface area contributed by atoms with Crippen LogP contribution in [0.1, 0.15) is 30.5 Å². The molecule has 2 aromatic carbocycles. The number of hydrogen-bond donors (Lipinski definition) is 1. The molecule has 0 spiro atoms. The second-order valence-electron chi connectivity index (χ2n) is 6.43. The van der Waals surface area contributed by atoms with Gasteiger partial charge in [0.15, 0.2) is 0 Å². The van der Waals surface area contributed by atoms with Crippen LogP contribution in [0.25, 0.3) is 0 Å². The Labute approximate surface area is 152 Å². The smallest absolute Gasteiger partial charge is 0.239 e. The lowest BCUT2D eigenvalue weighted by Gasteiger charge is -2.20. The third-order valence-electron chi connectivity index (χ3n) is 4.57. The normalized spacial score (nSPS) is 18.3. The van der Waals surface area contributed by atoms with E-state index in [2.05, 4.69) is 5.32 Å². The van der Waals surface area contributed by atoms with Crippen LogP contribution in [-0.4, -0.2) is 18.4 Å². The summed E-state index contributed by atoms with van der Waals surface area (Å²) in [6.07, 6.45) is 0.496. The van der Waals surface area contributed by atoms with Crippen molar-refractivity contribution in [2.24, 2.45) is 5.92 Å². The minimum Gasteiger partial charge on any atom is -0.349 e. The lowest BCUT2D eigenvalue weighted by Crippen LogP contribution is -2.38. The van der Waals surface area contributed by atoms with Crippen molar-refractivity contribution in [2.45, 2.75) is 26.3 Å². The van der Waals surface area contributed by atoms with Crippen LogP contribution in [0.5, 0.6) is 0 Å². The van der Waals surface area contributed by atoms with Crippen molar-refractivity contribution in [1.82, 2.24) is 5.32 Å². The van der Waals surface area contributed by atoms with Crippen LogP contribution in [0.2, 0.25) is 5.02 Å². The molecule has 0 aliphatic carbocycles. The zero-order chi connectivity index (χ0) is 18.0. The minimum absolute atomic E-state index is 0.140. The summed E-state index contributed by atoms with van der Waals surface area (Å²) in [6, 6.07) is 15.1. The zero-order valence-corrected chi connectivity index (χ0v) is 15.1. The predicted octanol–water partition coefficient (Wildman–Crippen LogP) is 3.88. The maximum absolute atomic E-state index is 12.7. The number of anilines is 1. The number of halogens is 1. The Bertz CT molecular complexity index is 792. The van der Waals surface area contributed by atoms with Crippen LogP contribution >= 0.6 is 11.6 Å². The number of benzene rings is 2. The average Bonchev–Trinajstić information content (AvgIpc) is 2.97. The Morgan fingerprint density at radius 3 is 2.64 bits per heavy atom. The van der Waals surface area contributed by atoms with Crippen molar-refractivity contribution in [1.29, 1.82) is 0 Å². The SMILES string of the molecule is Cc1ccc(N2CCC(C(=O)NC(C)c3ccccc3)C2=O)c(Cl)c1. The number of aryl methyl sites for hydroxylation is 1. The van der Waals surface area contributed by atoms with Gasteiger partial charge in [-0.05, 0) is 43.5 Å². The van der Waals surface area contributed by atoms with Gasteiger partial charge >= 0.3 is 0 Å². The summed E-state index contributed by atoms with van der Waals surface area (Å²) >= 11 is 6.27. The van der Waals surface area contributed by atoms with Crippen molar-refractivity contribution in [3.63, 3.8) is 0 Å². The van der Waals surface area contributed by atoms with E-state index in [-0.39, 0.29) is 17.9 Å². The Morgan fingerprint density at radius 2 is 1.96 bits per heavy atom. The molecule has 3 rings (SSSR count). The molecule has 2 aromatic rings. The van der Waals surface area contributed by atoms with Gasteiger partial charge in [-0.2, -0.15) is 0 Å². The molecule has 0 aromatic heterocycles. The maximum Gasteiger partial charge on any atom is 0.239 e. The van der Waals surface area contributed by atoms with E-state index in [9.17, 15) is 9.59 Å². The standard InChI is InChI=1S/C20H21ClN2O2/c1-13-8-9-18(17(21)12-13)23-11-10-16(20(23)25)19(24)22-14(2)15-6-4-3-5-7-15/h3-9,12,14,16H,10-11H2,1-2H3,(H,22,24). The van der Waals surface area contributed by atoms with Gasteiger partial charge in [0.1, 0.15) is 5.92 Å². The molecule has 1 aliphatic rings. The van der Waals surface area contributed by atoms with E-state index in [0.717, 1.165) is 11.1 Å². The van der Waals surface area contributed by atoms with Crippen LogP contribution in [0.15, 0.2) is 48.5 Å². The number of nitrogens with one attached hydrogen (secondary N) is 1. The summed E-state index contributed by atoms with van der Waals surface area (Å²) in [5, 5.41) is 3.48. The van der Waals surface area contributed by atoms with Gasteiger partial charge in [-0.1, -0.05) is 48.0 Å². The molecule has 1 N–H and O–H groups in total. The molecule has 2 atom stereocenters. The predicted molar refractivity (Wildman–Crippen MR) is 99.6 cm³/mol. The van der Waals surface area contributed by atoms with Crippen LogP contribution in [0.3, 0.4) is 0 Å². The van der Waals surface area contributed by atoms with Crippen molar-refractivity contribution < 1.29 is 9.59 Å². The average molecular weight is 357 g/mol. The van der Waals surface area contributed by atoms with Gasteiger partial charge in [0.25, 0.3) is 0 Å². The number of hydrogen-bond acceptors (Lipinski definition) is 2. The Morgan fingerprint density at radius 1 is 1.24 bits per heavy atom. The molecule has 1 fully saturated rings. The molecular formula is C20H21ClN2O2. The molecule has 1 aliphatic heterocycles. The summed E-state index contributed by atoms with van der Waals surface area (Å²) in [6.45, 7) is 4.36. The molecule has 2 amide bonds. The van der Waals surface area contributed by atoms with Gasteiger partial charge in [-0.3, -0.25) is 9.59 Å². The number of carbonyl (C=O) groups is 2. The Hall–Kier alpha value is -2.33. The quantitative estimate of drug-likeness (QED) is 0.845. The molecule has 0 bridgehead atoms. The van der Waals surface area contributed by atoms with Gasteiger partial charge < -0.3 is 10.2 Å². The highest BCUT2D eigenvalue weighted by Crippen LogP contribution is 2.32. The highest BCUT2D eigenvalue weighted by molar-refractivity contribution is 6.34. The summed E-state index contributed by atoms with van der Waals surface area (Å²) < 4.78 is 0. The molecular weight excluding hydrogens is 336 g/mol. The molecule has 1 heterocycles. The molecule has 0 saturated carbocycles. The van der Waals surface area contributed by atoms with E-state index in [4.69, 9.17) is 11.6 Å². The van der Waals surface area contributed by atoms with Crippen molar-refractivity contribution >= 4 is 29.1 Å². The first-order valence-corrected chi connectivity index (χ1v) is 8.78. The summed E-state index contributed by atoms with van der Waals surface area (Å²) in [7, 11) is 0. The number of carbonyl (C=O) groups excluding carboxylic acids is 2. The van der Waals surface area contributed by atoms with Gasteiger partial charge in [0.2, 0.25) is 11.8 Å². The number of nitrogens with zero attached hydrogens (tertiary/aromatic N) is 1. The van der Waals surface area contributed by atoms with Crippen LogP contribution in [-0.2, 0) is 9.59 Å². The first kappa shape index (κ1) is 17.5. The van der Waals surface area contributed by atoms with Crippen LogP contribution in [0.4, 0.5) is 5.69 Å². The fourth-order valence-corrected chi connectivity index (χ4v) is 3.47. The lowest BCUT2D eigenvalue weighted by molar-refractivity contribution is -0.132. The van der Waals surface area contributed by atoms with Gasteiger partial charge in [0, 0.05) is 6.54 Å². The highest BCUT2D eigenvalue weighted by Gasteiger charge is 2.38. The van der Waals surface area contributed by atoms with Crippen molar-refractivity contribution in [3.8, 4) is 0 Å². The molecule has 5 heteroatoms. The largest absolute Gasteiger partial charge is 0.349 e. The highest BCUT2D eigenvalue weighted by atomic mass is 35.5. The van der Waals surface area contributed by atoms with E-state index >= 15 is 0 Å². The molecule has 2 unspecified atom stereocenters. The Kier molecular flexibility index (Phi) is 5.09. The lowest BCUT2D eigenvalue weighted by atomic mass is 10.0. The topological polar surface area (TPSA) is 49.4 Å². The van der Waals surface area contributed by atoms with Gasteiger partial charge in [0.05, 0.1) is 16.8 Å². The zero-order valence-electron chi connectivity index (χ0n) is 14.3. The van der Waals surface area contributed by atoms with Crippen molar-refractivity contribution in [2.75, 3.05) is 11.4 Å². The van der Waals surface area contributed by atoms with Gasteiger partial charge in [-0.15, -0.1) is 0 Å². The molecule has 130 valence electrons. The third-order valence-corrected chi connectivity index (χ3v) is 4.88. The number of rotatable bonds is 4. The Balaban J connectivity index is 1.70. The second kappa shape index (κ2) is 7.28. The summed E-state index contributed by atoms with van der Waals surface area (Å²) in [5.74, 6) is -1.08. The fourth-order valence-electron chi connectivity index (χ4n) is 3.13. The fraction of sp³-hybridized carbons (Fsp3) is 0.300. The minimum atomic E-state index is -0.663. The number of amides is 2. The second-order valence-corrected chi connectivity index (χ2v) is 6.83. The third kappa shape index (κ3) is 3.69. The van der Waals surface area contributed by atoms with E-state index < -0.39 is 5.92 Å². The van der Waals surface area contributed by atoms with E-state index in [1.165, 1.54) is 0 Å². The molecule has 1 saturated heterocycles. The van der Waals surface area contributed by atoms with Gasteiger partial charge in [-0.25, -0.2) is 0 Å². The maximum atomic E-state index is 12.7. The first-order chi connectivity index (χ1) is 12.0. The van der Waals surface area contributed by atoms with Crippen LogP contribution < -0.4 is 10.2 Å². The van der Waals surface area contributed by atoms with Crippen LogP contribution in [0, 0.1) is 12.8 Å². The summed E-state index contributed by atoms with van der Waals surface area (Å²) in [5.41, 5.74) is 2.72. The first-order valence-electron chi connectivity index (χ1n) is 8.40. The monoisotopic (exact) mass is 356 g/mol. The van der Waals surface area contributed by atoms with E-state index in [0.29, 0.717) is 23.7 Å². The molecule has 0 radical (unpaired) electrons.